The number of carboxylic acid groups (broad SMARTS) is 1. The van der Waals surface area contributed by atoms with Crippen LogP contribution in [0.3, 0.4) is 0 Å². The second-order valence-corrected chi connectivity index (χ2v) is 8.49. The minimum atomic E-state index is -3.07. The normalized spacial score (nSPS) is 27.5. The van der Waals surface area contributed by atoms with Crippen LogP contribution in [0.25, 0.3) is 0 Å². The SMILES string of the molecule is CCCC1(C(=O)O)CCN(C(=O)C2CCS(=O)(=O)C2)CC1. The average Bonchev–Trinajstić information content (AvgIpc) is 2.79. The molecule has 2 heterocycles. The number of hydrogen-bond acceptors (Lipinski definition) is 4. The highest BCUT2D eigenvalue weighted by molar-refractivity contribution is 7.91. The van der Waals surface area contributed by atoms with Crippen LogP contribution in [0.15, 0.2) is 0 Å². The number of carboxylic acids is 1. The van der Waals surface area contributed by atoms with Gasteiger partial charge >= 0.3 is 5.97 Å². The molecule has 0 saturated carbocycles. The number of hydrogen-bond donors (Lipinski definition) is 1. The highest BCUT2D eigenvalue weighted by Gasteiger charge is 2.43. The third-order valence-electron chi connectivity index (χ3n) is 4.80. The van der Waals surface area contributed by atoms with Crippen molar-refractivity contribution in [1.29, 1.82) is 0 Å². The Bertz CT molecular complexity index is 519. The Morgan fingerprint density at radius 1 is 1.29 bits per heavy atom. The maximum atomic E-state index is 12.3. The third-order valence-corrected chi connectivity index (χ3v) is 6.56. The number of piperidine rings is 1. The molecule has 0 bridgehead atoms. The predicted molar refractivity (Wildman–Crippen MR) is 77.6 cm³/mol. The minimum absolute atomic E-state index is 0.0542. The first kappa shape index (κ1) is 16.3. The number of likely N-dealkylation sites (tertiary alicyclic amines) is 1. The van der Waals surface area contributed by atoms with Crippen LogP contribution in [0.1, 0.15) is 39.0 Å². The standard InChI is InChI=1S/C14H23NO5S/c1-2-4-14(13(17)18)5-7-15(8-6-14)12(16)11-3-9-21(19,20)10-11/h11H,2-10H2,1H3,(H,17,18). The van der Waals surface area contributed by atoms with E-state index in [-0.39, 0.29) is 17.4 Å². The van der Waals surface area contributed by atoms with E-state index in [1.165, 1.54) is 0 Å². The lowest BCUT2D eigenvalue weighted by Gasteiger charge is -2.39. The monoisotopic (exact) mass is 317 g/mol. The molecule has 0 aromatic heterocycles. The van der Waals surface area contributed by atoms with Crippen molar-refractivity contribution in [2.45, 2.75) is 39.0 Å². The molecule has 7 heteroatoms. The van der Waals surface area contributed by atoms with Crippen LogP contribution in [0.2, 0.25) is 0 Å². The van der Waals surface area contributed by atoms with Gasteiger partial charge in [-0.05, 0) is 25.7 Å². The molecule has 0 spiro atoms. The molecular formula is C14H23NO5S. The second kappa shape index (κ2) is 5.94. The van der Waals surface area contributed by atoms with E-state index in [9.17, 15) is 23.1 Å². The lowest BCUT2D eigenvalue weighted by Crippen LogP contribution is -2.48. The number of carbonyl (C=O) groups is 2. The van der Waals surface area contributed by atoms with E-state index in [1.54, 1.807) is 4.90 Å². The van der Waals surface area contributed by atoms with Crippen molar-refractivity contribution < 1.29 is 23.1 Å². The summed E-state index contributed by atoms with van der Waals surface area (Å²) in [5, 5.41) is 9.44. The van der Waals surface area contributed by atoms with Gasteiger partial charge in [-0.1, -0.05) is 13.3 Å². The quantitative estimate of drug-likeness (QED) is 0.832. The fourth-order valence-corrected chi connectivity index (χ4v) is 5.19. The van der Waals surface area contributed by atoms with Gasteiger partial charge in [-0.3, -0.25) is 9.59 Å². The molecule has 2 aliphatic rings. The van der Waals surface area contributed by atoms with Gasteiger partial charge in [-0.2, -0.15) is 0 Å². The van der Waals surface area contributed by atoms with Gasteiger partial charge in [0.1, 0.15) is 0 Å². The molecule has 0 aromatic carbocycles. The molecule has 21 heavy (non-hydrogen) atoms. The Kier molecular flexibility index (Phi) is 4.60. The van der Waals surface area contributed by atoms with Crippen LogP contribution in [0.4, 0.5) is 0 Å². The van der Waals surface area contributed by atoms with E-state index < -0.39 is 27.1 Å². The summed E-state index contributed by atoms with van der Waals surface area (Å²) in [6.07, 6.45) is 2.75. The summed E-state index contributed by atoms with van der Waals surface area (Å²) >= 11 is 0. The van der Waals surface area contributed by atoms with Crippen LogP contribution in [-0.2, 0) is 19.4 Å². The molecule has 2 saturated heterocycles. The summed E-state index contributed by atoms with van der Waals surface area (Å²) in [6.45, 7) is 2.80. The van der Waals surface area contributed by atoms with Gasteiger partial charge < -0.3 is 10.0 Å². The van der Waals surface area contributed by atoms with Gasteiger partial charge in [-0.25, -0.2) is 8.42 Å². The molecule has 0 aliphatic carbocycles. The minimum Gasteiger partial charge on any atom is -0.481 e. The molecular weight excluding hydrogens is 294 g/mol. The summed E-state index contributed by atoms with van der Waals surface area (Å²) in [6, 6.07) is 0. The van der Waals surface area contributed by atoms with Crippen LogP contribution in [0.5, 0.6) is 0 Å². The van der Waals surface area contributed by atoms with E-state index in [4.69, 9.17) is 0 Å². The molecule has 1 atom stereocenters. The molecule has 1 unspecified atom stereocenters. The Morgan fingerprint density at radius 3 is 2.33 bits per heavy atom. The van der Waals surface area contributed by atoms with Gasteiger partial charge in [0.25, 0.3) is 0 Å². The molecule has 0 aromatic rings. The second-order valence-electron chi connectivity index (χ2n) is 6.26. The Hall–Kier alpha value is -1.11. The summed E-state index contributed by atoms with van der Waals surface area (Å²) in [4.78, 5) is 25.5. The first-order valence-electron chi connectivity index (χ1n) is 7.52. The number of aliphatic carboxylic acids is 1. The fraction of sp³-hybridized carbons (Fsp3) is 0.857. The Balaban J connectivity index is 1.97. The maximum Gasteiger partial charge on any atom is 0.309 e. The maximum absolute atomic E-state index is 12.3. The topological polar surface area (TPSA) is 91.8 Å². The summed E-state index contributed by atoms with van der Waals surface area (Å²) in [5.74, 6) is -1.29. The molecule has 2 fully saturated rings. The summed E-state index contributed by atoms with van der Waals surface area (Å²) in [5.41, 5.74) is -0.715. The lowest BCUT2D eigenvalue weighted by molar-refractivity contribution is -0.155. The molecule has 120 valence electrons. The van der Waals surface area contributed by atoms with E-state index in [0.29, 0.717) is 38.8 Å². The molecule has 1 N–H and O–H groups in total. The summed E-state index contributed by atoms with van der Waals surface area (Å²) in [7, 11) is -3.07. The van der Waals surface area contributed by atoms with Gasteiger partial charge in [0, 0.05) is 13.1 Å². The van der Waals surface area contributed by atoms with Gasteiger partial charge in [0.15, 0.2) is 9.84 Å². The van der Waals surface area contributed by atoms with Crippen molar-refractivity contribution in [3.8, 4) is 0 Å². The summed E-state index contributed by atoms with van der Waals surface area (Å²) < 4.78 is 22.9. The van der Waals surface area contributed by atoms with Crippen LogP contribution in [0, 0.1) is 11.3 Å². The first-order chi connectivity index (χ1) is 9.80. The van der Waals surface area contributed by atoms with Crippen LogP contribution >= 0.6 is 0 Å². The molecule has 0 radical (unpaired) electrons. The number of carbonyl (C=O) groups excluding carboxylic acids is 1. The molecule has 2 aliphatic heterocycles. The smallest absolute Gasteiger partial charge is 0.309 e. The zero-order valence-electron chi connectivity index (χ0n) is 12.4. The zero-order valence-corrected chi connectivity index (χ0v) is 13.2. The van der Waals surface area contributed by atoms with Crippen molar-refractivity contribution in [1.82, 2.24) is 4.90 Å². The number of amides is 1. The number of sulfone groups is 1. The van der Waals surface area contributed by atoms with E-state index >= 15 is 0 Å². The van der Waals surface area contributed by atoms with E-state index in [2.05, 4.69) is 0 Å². The Morgan fingerprint density at radius 2 is 1.90 bits per heavy atom. The molecule has 6 nitrogen and oxygen atoms in total. The first-order valence-corrected chi connectivity index (χ1v) is 9.34. The zero-order chi connectivity index (χ0) is 15.7. The van der Waals surface area contributed by atoms with Crippen molar-refractivity contribution >= 4 is 21.7 Å². The van der Waals surface area contributed by atoms with Crippen molar-refractivity contribution in [3.05, 3.63) is 0 Å². The van der Waals surface area contributed by atoms with Gasteiger partial charge in [0.2, 0.25) is 5.91 Å². The van der Waals surface area contributed by atoms with Crippen molar-refractivity contribution in [3.63, 3.8) is 0 Å². The largest absolute Gasteiger partial charge is 0.481 e. The lowest BCUT2D eigenvalue weighted by atomic mass is 9.75. The highest BCUT2D eigenvalue weighted by atomic mass is 32.2. The van der Waals surface area contributed by atoms with Gasteiger partial charge in [-0.15, -0.1) is 0 Å². The van der Waals surface area contributed by atoms with E-state index in [0.717, 1.165) is 6.42 Å². The number of rotatable bonds is 4. The van der Waals surface area contributed by atoms with Gasteiger partial charge in [0.05, 0.1) is 22.8 Å². The Labute approximate surface area is 125 Å². The van der Waals surface area contributed by atoms with Crippen molar-refractivity contribution in [2.24, 2.45) is 11.3 Å². The van der Waals surface area contributed by atoms with Crippen LogP contribution in [-0.4, -0.2) is 54.9 Å². The fourth-order valence-electron chi connectivity index (χ4n) is 3.45. The van der Waals surface area contributed by atoms with E-state index in [1.807, 2.05) is 6.92 Å². The number of nitrogens with zero attached hydrogens (tertiary/aromatic N) is 1. The van der Waals surface area contributed by atoms with Crippen LogP contribution < -0.4 is 0 Å². The molecule has 1 amide bonds. The van der Waals surface area contributed by atoms with Crippen molar-refractivity contribution in [2.75, 3.05) is 24.6 Å². The third kappa shape index (κ3) is 3.39. The predicted octanol–water partition coefficient (Wildman–Crippen LogP) is 0.915. The molecule has 2 rings (SSSR count). The highest BCUT2D eigenvalue weighted by Crippen LogP contribution is 2.37. The average molecular weight is 317 g/mol.